The maximum atomic E-state index is 12.7. The molecule has 0 aromatic heterocycles. The summed E-state index contributed by atoms with van der Waals surface area (Å²) in [4.78, 5) is 0. The van der Waals surface area contributed by atoms with Crippen LogP contribution in [-0.2, 0) is 6.18 Å². The number of benzene rings is 1. The van der Waals surface area contributed by atoms with Crippen molar-refractivity contribution < 1.29 is 13.2 Å². The first kappa shape index (κ1) is 17.5. The first-order chi connectivity index (χ1) is 9.65. The van der Waals surface area contributed by atoms with Crippen molar-refractivity contribution in [3.63, 3.8) is 0 Å². The lowest BCUT2D eigenvalue weighted by molar-refractivity contribution is -0.137. The van der Waals surface area contributed by atoms with Gasteiger partial charge in [-0.05, 0) is 36.5 Å². The predicted molar refractivity (Wildman–Crippen MR) is 76.5 cm³/mol. The van der Waals surface area contributed by atoms with Gasteiger partial charge in [-0.2, -0.15) is 18.4 Å². The highest BCUT2D eigenvalue weighted by Crippen LogP contribution is 2.31. The van der Waals surface area contributed by atoms with Gasteiger partial charge >= 0.3 is 6.18 Å². The maximum Gasteiger partial charge on any atom is 0.416 e. The molecule has 0 aliphatic carbocycles. The summed E-state index contributed by atoms with van der Waals surface area (Å²) in [5.41, 5.74) is -0.0793. The standard InChI is InChI=1S/C16H21F3N2/c1-12(21-11-15(2,3)8-5-9-20)13-6-4-7-14(10-13)16(17,18)19/h4,6-7,10,12,21H,5,8,11H2,1-3H3. The van der Waals surface area contributed by atoms with E-state index in [4.69, 9.17) is 5.26 Å². The molecule has 1 aromatic rings. The van der Waals surface area contributed by atoms with Gasteiger partial charge in [0.15, 0.2) is 0 Å². The molecule has 1 rings (SSSR count). The topological polar surface area (TPSA) is 35.8 Å². The van der Waals surface area contributed by atoms with Crippen LogP contribution in [0.3, 0.4) is 0 Å². The molecule has 1 unspecified atom stereocenters. The SMILES string of the molecule is CC(NCC(C)(C)CCC#N)c1cccc(C(F)(F)F)c1. The van der Waals surface area contributed by atoms with E-state index in [-0.39, 0.29) is 11.5 Å². The van der Waals surface area contributed by atoms with Crippen molar-refractivity contribution in [3.8, 4) is 6.07 Å². The fourth-order valence-corrected chi connectivity index (χ4v) is 2.01. The summed E-state index contributed by atoms with van der Waals surface area (Å²) < 4.78 is 38.1. The highest BCUT2D eigenvalue weighted by molar-refractivity contribution is 5.27. The molecule has 0 spiro atoms. The third-order valence-corrected chi connectivity index (χ3v) is 3.51. The number of nitrogens with one attached hydrogen (secondary N) is 1. The van der Waals surface area contributed by atoms with E-state index in [1.165, 1.54) is 12.1 Å². The Morgan fingerprint density at radius 2 is 1.95 bits per heavy atom. The van der Waals surface area contributed by atoms with Crippen LogP contribution in [0.2, 0.25) is 0 Å². The summed E-state index contributed by atoms with van der Waals surface area (Å²) in [6, 6.07) is 7.32. The molecule has 0 amide bonds. The fourth-order valence-electron chi connectivity index (χ4n) is 2.01. The summed E-state index contributed by atoms with van der Waals surface area (Å²) >= 11 is 0. The Bertz CT molecular complexity index is 501. The minimum atomic E-state index is -4.32. The van der Waals surface area contributed by atoms with Gasteiger partial charge in [0.05, 0.1) is 11.6 Å². The zero-order chi connectivity index (χ0) is 16.1. The van der Waals surface area contributed by atoms with Crippen LogP contribution in [0.1, 0.15) is 50.8 Å². The van der Waals surface area contributed by atoms with Gasteiger partial charge in [0.2, 0.25) is 0 Å². The van der Waals surface area contributed by atoms with Gasteiger partial charge in [0.1, 0.15) is 0 Å². The van der Waals surface area contributed by atoms with Gasteiger partial charge in [-0.25, -0.2) is 0 Å². The molecule has 2 nitrogen and oxygen atoms in total. The number of alkyl halides is 3. The van der Waals surface area contributed by atoms with Crippen LogP contribution in [0.15, 0.2) is 24.3 Å². The van der Waals surface area contributed by atoms with E-state index in [2.05, 4.69) is 11.4 Å². The minimum absolute atomic E-state index is 0.0639. The second-order valence-electron chi connectivity index (χ2n) is 6.05. The number of nitrogens with zero attached hydrogens (tertiary/aromatic N) is 1. The van der Waals surface area contributed by atoms with E-state index in [1.54, 1.807) is 6.07 Å². The van der Waals surface area contributed by atoms with Crippen molar-refractivity contribution in [3.05, 3.63) is 35.4 Å². The number of hydrogen-bond acceptors (Lipinski definition) is 2. The van der Waals surface area contributed by atoms with Crippen LogP contribution in [0.5, 0.6) is 0 Å². The maximum absolute atomic E-state index is 12.7. The van der Waals surface area contributed by atoms with E-state index in [0.29, 0.717) is 18.5 Å². The largest absolute Gasteiger partial charge is 0.416 e. The fraction of sp³-hybridized carbons (Fsp3) is 0.562. The zero-order valence-electron chi connectivity index (χ0n) is 12.6. The van der Waals surface area contributed by atoms with Crippen LogP contribution >= 0.6 is 0 Å². The van der Waals surface area contributed by atoms with Gasteiger partial charge in [0, 0.05) is 19.0 Å². The van der Waals surface area contributed by atoms with Crippen LogP contribution < -0.4 is 5.32 Å². The van der Waals surface area contributed by atoms with Crippen LogP contribution in [-0.4, -0.2) is 6.54 Å². The van der Waals surface area contributed by atoms with E-state index in [9.17, 15) is 13.2 Å². The lowest BCUT2D eigenvalue weighted by atomic mass is 9.87. The lowest BCUT2D eigenvalue weighted by Gasteiger charge is -2.26. The first-order valence-corrected chi connectivity index (χ1v) is 6.93. The van der Waals surface area contributed by atoms with Crippen molar-refractivity contribution in [1.29, 1.82) is 5.26 Å². The van der Waals surface area contributed by atoms with E-state index < -0.39 is 11.7 Å². The van der Waals surface area contributed by atoms with Crippen molar-refractivity contribution in [2.24, 2.45) is 5.41 Å². The molecule has 21 heavy (non-hydrogen) atoms. The Hall–Kier alpha value is -1.54. The average molecular weight is 298 g/mol. The third-order valence-electron chi connectivity index (χ3n) is 3.51. The van der Waals surface area contributed by atoms with Crippen LogP contribution in [0.4, 0.5) is 13.2 Å². The summed E-state index contributed by atoms with van der Waals surface area (Å²) in [6.07, 6.45) is -3.08. The van der Waals surface area contributed by atoms with Crippen LogP contribution in [0.25, 0.3) is 0 Å². The molecule has 1 N–H and O–H groups in total. The van der Waals surface area contributed by atoms with Crippen LogP contribution in [0, 0.1) is 16.7 Å². The molecule has 0 aliphatic heterocycles. The average Bonchev–Trinajstić information content (AvgIpc) is 2.42. The lowest BCUT2D eigenvalue weighted by Crippen LogP contribution is -2.31. The Morgan fingerprint density at radius 1 is 1.29 bits per heavy atom. The summed E-state index contributed by atoms with van der Waals surface area (Å²) in [6.45, 7) is 6.56. The number of halogens is 3. The Labute approximate surface area is 124 Å². The van der Waals surface area contributed by atoms with Crippen molar-refractivity contribution >= 4 is 0 Å². The quantitative estimate of drug-likeness (QED) is 0.827. The van der Waals surface area contributed by atoms with Gasteiger partial charge < -0.3 is 5.32 Å². The first-order valence-electron chi connectivity index (χ1n) is 6.93. The summed E-state index contributed by atoms with van der Waals surface area (Å²) in [5, 5.41) is 11.9. The van der Waals surface area contributed by atoms with Gasteiger partial charge in [-0.3, -0.25) is 0 Å². The van der Waals surface area contributed by atoms with E-state index in [1.807, 2.05) is 20.8 Å². The molecule has 5 heteroatoms. The highest BCUT2D eigenvalue weighted by atomic mass is 19.4. The van der Waals surface area contributed by atoms with Crippen molar-refractivity contribution in [2.45, 2.75) is 45.8 Å². The van der Waals surface area contributed by atoms with Crippen molar-refractivity contribution in [1.82, 2.24) is 5.32 Å². The minimum Gasteiger partial charge on any atom is -0.310 e. The molecule has 1 aromatic carbocycles. The Kier molecular flexibility index (Phi) is 5.79. The van der Waals surface area contributed by atoms with Gasteiger partial charge in [-0.1, -0.05) is 26.0 Å². The zero-order valence-corrected chi connectivity index (χ0v) is 12.6. The Balaban J connectivity index is 2.68. The van der Waals surface area contributed by atoms with Crippen molar-refractivity contribution in [2.75, 3.05) is 6.54 Å². The number of nitriles is 1. The smallest absolute Gasteiger partial charge is 0.310 e. The van der Waals surface area contributed by atoms with E-state index >= 15 is 0 Å². The predicted octanol–water partition coefficient (Wildman–Crippen LogP) is 4.69. The van der Waals surface area contributed by atoms with Gasteiger partial charge in [-0.15, -0.1) is 0 Å². The second-order valence-corrected chi connectivity index (χ2v) is 6.05. The van der Waals surface area contributed by atoms with Gasteiger partial charge in [0.25, 0.3) is 0 Å². The molecular formula is C16H21F3N2. The summed E-state index contributed by atoms with van der Waals surface area (Å²) in [7, 11) is 0. The molecule has 1 atom stereocenters. The normalized spacial score (nSPS) is 13.8. The molecular weight excluding hydrogens is 277 g/mol. The summed E-state index contributed by atoms with van der Waals surface area (Å²) in [5.74, 6) is 0. The second kappa shape index (κ2) is 6.95. The molecule has 0 aliphatic rings. The molecule has 0 fully saturated rings. The highest BCUT2D eigenvalue weighted by Gasteiger charge is 2.30. The molecule has 0 saturated carbocycles. The molecule has 0 saturated heterocycles. The van der Waals surface area contributed by atoms with E-state index in [0.717, 1.165) is 12.5 Å². The number of rotatable bonds is 6. The molecule has 0 radical (unpaired) electrons. The molecule has 0 heterocycles. The Morgan fingerprint density at radius 3 is 2.52 bits per heavy atom. The monoisotopic (exact) mass is 298 g/mol. The molecule has 0 bridgehead atoms. The third kappa shape index (κ3) is 5.76. The number of hydrogen-bond donors (Lipinski definition) is 1. The molecule has 116 valence electrons.